The van der Waals surface area contributed by atoms with Gasteiger partial charge in [0.2, 0.25) is 9.84 Å². The van der Waals surface area contributed by atoms with E-state index in [1.54, 1.807) is 13.8 Å². The average molecular weight is 426 g/mol. The van der Waals surface area contributed by atoms with Gasteiger partial charge < -0.3 is 4.90 Å². The van der Waals surface area contributed by atoms with E-state index < -0.39 is 44.3 Å². The summed E-state index contributed by atoms with van der Waals surface area (Å²) in [6.07, 6.45) is 2.06. The largest absolute Gasteiger partial charge is 0.327 e. The molecule has 0 aromatic carbocycles. The Labute approximate surface area is 167 Å². The molecule has 11 nitrogen and oxygen atoms in total. The number of nitrogens with zero attached hydrogens (tertiary/aromatic N) is 3. The second-order valence-electron chi connectivity index (χ2n) is 7.03. The fourth-order valence-electron chi connectivity index (χ4n) is 2.89. The fraction of sp³-hybridized carbons (Fsp3) is 0.471. The van der Waals surface area contributed by atoms with Crippen molar-refractivity contribution in [3.05, 3.63) is 24.5 Å². The Morgan fingerprint density at radius 1 is 1.24 bits per heavy atom. The molecule has 29 heavy (non-hydrogen) atoms. The third-order valence-corrected chi connectivity index (χ3v) is 6.64. The van der Waals surface area contributed by atoms with Crippen molar-refractivity contribution >= 4 is 32.8 Å². The molecule has 4 amide bonds. The lowest BCUT2D eigenvalue weighted by Gasteiger charge is -2.22. The van der Waals surface area contributed by atoms with Gasteiger partial charge in [0.15, 0.2) is 0 Å². The summed E-state index contributed by atoms with van der Waals surface area (Å²) < 4.78 is 25.0. The summed E-state index contributed by atoms with van der Waals surface area (Å²) in [6, 6.07) is 1.69. The molecule has 2 rings (SSSR count). The van der Waals surface area contributed by atoms with Crippen molar-refractivity contribution in [2.24, 2.45) is 5.92 Å². The number of amides is 4. The number of carbonyl (C=O) groups excluding carboxylic acids is 4. The number of hydrogen-bond donors (Lipinski definition) is 2. The first-order chi connectivity index (χ1) is 13.5. The van der Waals surface area contributed by atoms with E-state index in [1.165, 1.54) is 29.8 Å². The number of sulfone groups is 1. The number of nitrogens with one attached hydrogen (secondary N) is 1. The molecule has 0 spiro atoms. The molecule has 2 N–H and O–H groups in total. The zero-order valence-electron chi connectivity index (χ0n) is 16.2. The molecule has 0 bridgehead atoms. The number of rotatable bonds is 7. The van der Waals surface area contributed by atoms with Crippen LogP contribution >= 0.6 is 0 Å². The van der Waals surface area contributed by atoms with Gasteiger partial charge in [0, 0.05) is 26.0 Å². The lowest BCUT2D eigenvalue weighted by Crippen LogP contribution is -2.41. The monoisotopic (exact) mass is 426 g/mol. The highest BCUT2D eigenvalue weighted by Crippen LogP contribution is 2.26. The number of carbonyl (C=O) groups is 4. The van der Waals surface area contributed by atoms with Gasteiger partial charge in [-0.05, 0) is 38.8 Å². The summed E-state index contributed by atoms with van der Waals surface area (Å²) in [5.41, 5.74) is 0.265. The Kier molecular flexibility index (Phi) is 6.38. The van der Waals surface area contributed by atoms with Crippen LogP contribution in [0.1, 0.15) is 26.7 Å². The van der Waals surface area contributed by atoms with E-state index in [0.29, 0.717) is 0 Å². The molecule has 2 heterocycles. The first-order valence-electron chi connectivity index (χ1n) is 8.69. The van der Waals surface area contributed by atoms with E-state index in [4.69, 9.17) is 5.21 Å². The maximum atomic E-state index is 12.5. The van der Waals surface area contributed by atoms with E-state index >= 15 is 0 Å². The Morgan fingerprint density at radius 3 is 2.31 bits per heavy atom. The second kappa shape index (κ2) is 8.25. The minimum atomic E-state index is -4.50. The topological polar surface area (TPSA) is 154 Å². The van der Waals surface area contributed by atoms with Crippen molar-refractivity contribution in [1.82, 2.24) is 20.3 Å². The lowest BCUT2D eigenvalue weighted by molar-refractivity contribution is -0.137. The zero-order chi connectivity index (χ0) is 22.0. The van der Waals surface area contributed by atoms with Gasteiger partial charge in [-0.25, -0.2) is 18.7 Å². The molecule has 1 saturated heterocycles. The van der Waals surface area contributed by atoms with E-state index in [1.807, 2.05) is 0 Å². The van der Waals surface area contributed by atoms with E-state index in [-0.39, 0.29) is 24.3 Å². The molecule has 1 aliphatic heterocycles. The molecule has 1 unspecified atom stereocenters. The minimum Gasteiger partial charge on any atom is -0.313 e. The number of likely N-dealkylation sites (N-methyl/N-ethyl adjacent to an activating group) is 1. The summed E-state index contributed by atoms with van der Waals surface area (Å²) in [7, 11) is -3.02. The Hall–Kier alpha value is -2.86. The molecule has 1 atom stereocenters. The smallest absolute Gasteiger partial charge is 0.313 e. The molecule has 1 aromatic rings. The summed E-state index contributed by atoms with van der Waals surface area (Å²) in [6.45, 7) is 3.06. The van der Waals surface area contributed by atoms with Crippen LogP contribution in [0.4, 0.5) is 4.79 Å². The third kappa shape index (κ3) is 4.12. The van der Waals surface area contributed by atoms with Crippen LogP contribution in [0.25, 0.3) is 0 Å². The summed E-state index contributed by atoms with van der Waals surface area (Å²) in [4.78, 5) is 54.6. The van der Waals surface area contributed by atoms with Gasteiger partial charge in [0.1, 0.15) is 11.5 Å². The van der Waals surface area contributed by atoms with Gasteiger partial charge in [-0.3, -0.25) is 29.5 Å². The van der Waals surface area contributed by atoms with Crippen LogP contribution in [0, 0.1) is 5.92 Å². The van der Waals surface area contributed by atoms with Crippen LogP contribution in [-0.4, -0.2) is 70.5 Å². The molecule has 12 heteroatoms. The van der Waals surface area contributed by atoms with Crippen LogP contribution < -0.4 is 5.48 Å². The Balaban J connectivity index is 2.15. The van der Waals surface area contributed by atoms with Gasteiger partial charge in [0.05, 0.1) is 4.90 Å². The normalized spacial score (nSPS) is 17.4. The molecule has 1 aromatic heterocycles. The van der Waals surface area contributed by atoms with Crippen LogP contribution in [0.3, 0.4) is 0 Å². The SMILES string of the molecule is CN1C(=O)N(CCCC(C(=O)NO)C(=O)S(=O)(=O)c2ccncc2)C(=O)C1(C)C. The van der Waals surface area contributed by atoms with Gasteiger partial charge in [0.25, 0.3) is 16.9 Å². The highest BCUT2D eigenvalue weighted by molar-refractivity contribution is 8.06. The molecule has 0 aliphatic carbocycles. The van der Waals surface area contributed by atoms with Crippen molar-refractivity contribution < 1.29 is 32.8 Å². The van der Waals surface area contributed by atoms with Gasteiger partial charge in [-0.15, -0.1) is 0 Å². The molecule has 0 saturated carbocycles. The number of hydroxylamine groups is 1. The maximum Gasteiger partial charge on any atom is 0.327 e. The van der Waals surface area contributed by atoms with Crippen LogP contribution in [0.15, 0.2) is 29.4 Å². The Bertz CT molecular complexity index is 930. The highest BCUT2D eigenvalue weighted by atomic mass is 32.2. The van der Waals surface area contributed by atoms with Gasteiger partial charge >= 0.3 is 6.03 Å². The van der Waals surface area contributed by atoms with Crippen LogP contribution in [0.5, 0.6) is 0 Å². The number of hydrogen-bond acceptors (Lipinski definition) is 8. The standard InChI is InChI=1S/C17H22N4O7S/c1-17(2)15(24)21(16(25)20(17)3)10-4-5-12(13(22)19-26)14(23)29(27,28)11-6-8-18-9-7-11/h6-9,12,26H,4-5,10H2,1-3H3,(H,19,22). The summed E-state index contributed by atoms with van der Waals surface area (Å²) in [5, 5.41) is 7.51. The van der Waals surface area contributed by atoms with E-state index in [2.05, 4.69) is 4.98 Å². The van der Waals surface area contributed by atoms with E-state index in [0.717, 1.165) is 17.0 Å². The fourth-order valence-corrected chi connectivity index (χ4v) is 4.20. The van der Waals surface area contributed by atoms with Crippen molar-refractivity contribution in [1.29, 1.82) is 0 Å². The number of aromatic nitrogens is 1. The molecule has 158 valence electrons. The lowest BCUT2D eigenvalue weighted by atomic mass is 10.0. The minimum absolute atomic E-state index is 0.0168. The van der Waals surface area contributed by atoms with Crippen molar-refractivity contribution in [3.8, 4) is 0 Å². The average Bonchev–Trinajstić information content (AvgIpc) is 2.85. The van der Waals surface area contributed by atoms with Crippen molar-refractivity contribution in [2.75, 3.05) is 13.6 Å². The number of pyridine rings is 1. The summed E-state index contributed by atoms with van der Waals surface area (Å²) in [5.74, 6) is -3.34. The molecular formula is C17H22N4O7S. The molecule has 1 aliphatic rings. The molecular weight excluding hydrogens is 404 g/mol. The molecule has 1 fully saturated rings. The molecule has 0 radical (unpaired) electrons. The quantitative estimate of drug-likeness (QED) is 0.266. The third-order valence-electron chi connectivity index (χ3n) is 4.94. The number of urea groups is 1. The predicted molar refractivity (Wildman–Crippen MR) is 98.0 cm³/mol. The first-order valence-corrected chi connectivity index (χ1v) is 10.2. The highest BCUT2D eigenvalue weighted by Gasteiger charge is 2.49. The van der Waals surface area contributed by atoms with Crippen molar-refractivity contribution in [3.63, 3.8) is 0 Å². The van der Waals surface area contributed by atoms with Crippen molar-refractivity contribution in [2.45, 2.75) is 37.1 Å². The summed E-state index contributed by atoms with van der Waals surface area (Å²) >= 11 is 0. The van der Waals surface area contributed by atoms with Gasteiger partial charge in [-0.2, -0.15) is 0 Å². The predicted octanol–water partition coefficient (Wildman–Crippen LogP) is -0.0437. The van der Waals surface area contributed by atoms with Crippen LogP contribution in [0.2, 0.25) is 0 Å². The maximum absolute atomic E-state index is 12.5. The first kappa shape index (κ1) is 22.4. The number of imide groups is 1. The zero-order valence-corrected chi connectivity index (χ0v) is 17.0. The van der Waals surface area contributed by atoms with Gasteiger partial charge in [-0.1, -0.05) is 0 Å². The second-order valence-corrected chi connectivity index (χ2v) is 8.91. The Morgan fingerprint density at radius 2 is 1.83 bits per heavy atom. The van der Waals surface area contributed by atoms with E-state index in [9.17, 15) is 27.6 Å². The van der Waals surface area contributed by atoms with Crippen LogP contribution in [-0.2, 0) is 24.2 Å².